The number of nitrogens with zero attached hydrogens (tertiary/aromatic N) is 3. The van der Waals surface area contributed by atoms with Gasteiger partial charge in [-0.1, -0.05) is 111 Å². The summed E-state index contributed by atoms with van der Waals surface area (Å²) in [5.41, 5.74) is 18.2. The molecule has 0 aliphatic heterocycles. The minimum absolute atomic E-state index is 0.0507. The van der Waals surface area contributed by atoms with E-state index < -0.39 is 0 Å². The molecule has 0 bridgehead atoms. The number of phenols is 1. The lowest BCUT2D eigenvalue weighted by Crippen LogP contribution is -2.15. The number of aromatic hydroxyl groups is 1. The maximum Gasteiger partial charge on any atom is 0.124 e. The molecule has 0 fully saturated rings. The molecule has 0 spiro atoms. The van der Waals surface area contributed by atoms with E-state index in [9.17, 15) is 5.11 Å². The van der Waals surface area contributed by atoms with E-state index in [-0.39, 0.29) is 11.2 Å². The highest BCUT2D eigenvalue weighted by atomic mass is 16.3. The number of para-hydroxylation sites is 1. The number of benzene rings is 5. The van der Waals surface area contributed by atoms with Gasteiger partial charge in [-0.05, 0) is 107 Å². The zero-order valence-corrected chi connectivity index (χ0v) is 30.3. The lowest BCUT2D eigenvalue weighted by atomic mass is 9.82. The Morgan fingerprint density at radius 1 is 0.453 bits per heavy atom. The van der Waals surface area contributed by atoms with Crippen LogP contribution in [0, 0.1) is 6.92 Å². The van der Waals surface area contributed by atoms with Gasteiger partial charge < -0.3 is 9.67 Å². The number of rotatable bonds is 6. The van der Waals surface area contributed by atoms with Crippen LogP contribution in [0.2, 0.25) is 0 Å². The fraction of sp³-hybridized carbons (Fsp3) is 0.102. The van der Waals surface area contributed by atoms with Crippen molar-refractivity contribution in [2.45, 2.75) is 26.2 Å². The molecule has 8 aromatic rings. The first-order valence-electron chi connectivity index (χ1n) is 18.1. The van der Waals surface area contributed by atoms with Gasteiger partial charge in [-0.3, -0.25) is 4.98 Å². The summed E-state index contributed by atoms with van der Waals surface area (Å²) in [7, 11) is 2.15. The first-order valence-corrected chi connectivity index (χ1v) is 18.1. The quantitative estimate of drug-likeness (QED) is 0.190. The van der Waals surface area contributed by atoms with E-state index >= 15 is 0 Å². The van der Waals surface area contributed by atoms with Gasteiger partial charge in [-0.15, -0.1) is 0 Å². The molecule has 0 unspecified atom stereocenters. The van der Waals surface area contributed by atoms with Crippen LogP contribution in [0.15, 0.2) is 158 Å². The standard InChI is InChI=1S/C49H39N3O/c1-31-25-37(47-24-23-46(52(47)4)35-21-22-39-38-17-8-10-19-41(38)49(2,3)42(39)27-35)30-43(50-31)33-15-12-16-34(26-33)44-28-36(32-13-6-5-7-14-32)29-45(51-44)40-18-9-11-20-48(40)53/h5-30,53H,1-4H3. The molecule has 3 aromatic heterocycles. The van der Waals surface area contributed by atoms with Gasteiger partial charge in [0.25, 0.3) is 0 Å². The van der Waals surface area contributed by atoms with E-state index in [0.29, 0.717) is 5.56 Å². The highest BCUT2D eigenvalue weighted by Crippen LogP contribution is 2.49. The van der Waals surface area contributed by atoms with E-state index in [0.717, 1.165) is 56.3 Å². The van der Waals surface area contributed by atoms with Crippen LogP contribution in [0.3, 0.4) is 0 Å². The predicted octanol–water partition coefficient (Wildman–Crippen LogP) is 12.1. The topological polar surface area (TPSA) is 50.9 Å². The SMILES string of the molecule is Cc1cc(-c2ccc(-c3ccc4c(c3)C(C)(C)c3ccccc3-4)n2C)cc(-c2cccc(-c3cc(-c4ccccc4)cc(-c4ccccc4O)n3)c2)n1. The number of aromatic nitrogens is 3. The van der Waals surface area contributed by atoms with E-state index in [2.05, 4.69) is 142 Å². The van der Waals surface area contributed by atoms with Crippen LogP contribution in [0.25, 0.3) is 78.5 Å². The molecule has 0 atom stereocenters. The van der Waals surface area contributed by atoms with Gasteiger partial charge in [0, 0.05) is 51.8 Å². The molecular formula is C49H39N3O. The Balaban J connectivity index is 1.09. The van der Waals surface area contributed by atoms with Crippen LogP contribution < -0.4 is 0 Å². The van der Waals surface area contributed by atoms with Crippen LogP contribution in [0.5, 0.6) is 5.75 Å². The van der Waals surface area contributed by atoms with Crippen LogP contribution in [-0.4, -0.2) is 19.6 Å². The largest absolute Gasteiger partial charge is 0.507 e. The third-order valence-electron chi connectivity index (χ3n) is 10.8. The molecule has 5 aromatic carbocycles. The summed E-state index contributed by atoms with van der Waals surface area (Å²) in [4.78, 5) is 10.1. The van der Waals surface area contributed by atoms with E-state index in [1.807, 2.05) is 42.5 Å². The summed E-state index contributed by atoms with van der Waals surface area (Å²) >= 11 is 0. The molecule has 256 valence electrons. The maximum atomic E-state index is 10.8. The van der Waals surface area contributed by atoms with Gasteiger partial charge >= 0.3 is 0 Å². The van der Waals surface area contributed by atoms with Crippen LogP contribution >= 0.6 is 0 Å². The Bertz CT molecular complexity index is 2680. The molecule has 0 amide bonds. The predicted molar refractivity (Wildman–Crippen MR) is 218 cm³/mol. The van der Waals surface area contributed by atoms with E-state index in [4.69, 9.17) is 9.97 Å². The highest BCUT2D eigenvalue weighted by Gasteiger charge is 2.35. The molecule has 4 heteroatoms. The Labute approximate surface area is 310 Å². The summed E-state index contributed by atoms with van der Waals surface area (Å²) in [5.74, 6) is 0.204. The van der Waals surface area contributed by atoms with Crippen LogP contribution in [0.4, 0.5) is 0 Å². The number of hydrogen-bond donors (Lipinski definition) is 1. The average Bonchev–Trinajstić information content (AvgIpc) is 3.68. The number of pyridine rings is 2. The number of hydrogen-bond acceptors (Lipinski definition) is 3. The van der Waals surface area contributed by atoms with Crippen molar-refractivity contribution >= 4 is 0 Å². The molecule has 53 heavy (non-hydrogen) atoms. The molecule has 0 saturated heterocycles. The van der Waals surface area contributed by atoms with Crippen molar-refractivity contribution < 1.29 is 5.11 Å². The minimum Gasteiger partial charge on any atom is -0.507 e. The Morgan fingerprint density at radius 2 is 1.06 bits per heavy atom. The third-order valence-corrected chi connectivity index (χ3v) is 10.8. The maximum absolute atomic E-state index is 10.8. The first-order chi connectivity index (χ1) is 25.7. The molecular weight excluding hydrogens is 647 g/mol. The number of fused-ring (bicyclic) bond motifs is 3. The molecule has 0 radical (unpaired) electrons. The number of aryl methyl sites for hydroxylation is 1. The molecule has 1 aliphatic rings. The minimum atomic E-state index is -0.0507. The number of phenolic OH excluding ortho intramolecular Hbond substituents is 1. The van der Waals surface area contributed by atoms with E-state index in [1.54, 1.807) is 6.07 Å². The Hall–Kier alpha value is -6.52. The van der Waals surface area contributed by atoms with Gasteiger partial charge in [0.15, 0.2) is 0 Å². The van der Waals surface area contributed by atoms with Gasteiger partial charge in [0.05, 0.1) is 17.1 Å². The van der Waals surface area contributed by atoms with Gasteiger partial charge in [0.1, 0.15) is 5.75 Å². The second-order valence-corrected chi connectivity index (χ2v) is 14.6. The Morgan fingerprint density at radius 3 is 1.83 bits per heavy atom. The molecule has 1 N–H and O–H groups in total. The van der Waals surface area contributed by atoms with Crippen LogP contribution in [0.1, 0.15) is 30.7 Å². The lowest BCUT2D eigenvalue weighted by Gasteiger charge is -2.22. The van der Waals surface area contributed by atoms with Crippen molar-refractivity contribution in [2.24, 2.45) is 7.05 Å². The normalized spacial score (nSPS) is 12.8. The molecule has 0 saturated carbocycles. The summed E-state index contributed by atoms with van der Waals surface area (Å²) in [6.07, 6.45) is 0. The summed E-state index contributed by atoms with van der Waals surface area (Å²) in [5, 5.41) is 10.8. The zero-order chi connectivity index (χ0) is 36.3. The summed E-state index contributed by atoms with van der Waals surface area (Å²) in [6, 6.07) is 54.8. The van der Waals surface area contributed by atoms with Crippen molar-refractivity contribution in [1.82, 2.24) is 14.5 Å². The smallest absolute Gasteiger partial charge is 0.124 e. The van der Waals surface area contributed by atoms with Gasteiger partial charge in [0.2, 0.25) is 0 Å². The van der Waals surface area contributed by atoms with Gasteiger partial charge in [-0.25, -0.2) is 4.98 Å². The third kappa shape index (κ3) is 5.64. The first kappa shape index (κ1) is 32.4. The summed E-state index contributed by atoms with van der Waals surface area (Å²) in [6.45, 7) is 6.72. The van der Waals surface area contributed by atoms with Crippen molar-refractivity contribution in [3.05, 3.63) is 175 Å². The molecule has 1 aliphatic carbocycles. The van der Waals surface area contributed by atoms with Crippen molar-refractivity contribution in [2.75, 3.05) is 0 Å². The summed E-state index contributed by atoms with van der Waals surface area (Å²) < 4.78 is 2.30. The fourth-order valence-electron chi connectivity index (χ4n) is 8.06. The Kier molecular flexibility index (Phi) is 7.71. The van der Waals surface area contributed by atoms with E-state index in [1.165, 1.54) is 33.5 Å². The average molecular weight is 686 g/mol. The van der Waals surface area contributed by atoms with Crippen molar-refractivity contribution in [3.8, 4) is 84.3 Å². The monoisotopic (exact) mass is 685 g/mol. The zero-order valence-electron chi connectivity index (χ0n) is 30.3. The van der Waals surface area contributed by atoms with Crippen molar-refractivity contribution in [3.63, 3.8) is 0 Å². The van der Waals surface area contributed by atoms with Crippen molar-refractivity contribution in [1.29, 1.82) is 0 Å². The fourth-order valence-corrected chi connectivity index (χ4v) is 8.06. The van der Waals surface area contributed by atoms with Gasteiger partial charge in [-0.2, -0.15) is 0 Å². The molecule has 3 heterocycles. The van der Waals surface area contributed by atoms with Crippen LogP contribution in [-0.2, 0) is 12.5 Å². The highest BCUT2D eigenvalue weighted by molar-refractivity contribution is 5.84. The second kappa shape index (κ2) is 12.6. The molecule has 4 nitrogen and oxygen atoms in total. The second-order valence-electron chi connectivity index (χ2n) is 14.6. The molecule has 9 rings (SSSR count). The lowest BCUT2D eigenvalue weighted by molar-refractivity contribution is 0.477.